The molecule has 0 aliphatic carbocycles. The summed E-state index contributed by atoms with van der Waals surface area (Å²) in [6.07, 6.45) is 2.02. The molecule has 102 valence electrons. The van der Waals surface area contributed by atoms with Crippen LogP contribution in [0, 0.1) is 5.92 Å². The highest BCUT2D eigenvalue weighted by Gasteiger charge is 2.18. The lowest BCUT2D eigenvalue weighted by Gasteiger charge is -2.01. The number of hydrogen-bond donors (Lipinski definition) is 1. The smallest absolute Gasteiger partial charge is 0.227 e. The number of nitrogens with zero attached hydrogens (tertiary/aromatic N) is 2. The average molecular weight is 300 g/mol. The molecule has 0 bridgehead atoms. The van der Waals surface area contributed by atoms with Gasteiger partial charge in [-0.05, 0) is 37.6 Å². The standard InChI is InChI=1S/C13H14ClN3O.ClH/c14-11-3-1-2-10(7-11)13-16-12(18-17-13)6-9-4-5-15-8-9;/h1-3,7,9,15H,4-6,8H2;1H. The Bertz CT molecular complexity index is 538. The van der Waals surface area contributed by atoms with Gasteiger partial charge in [0.25, 0.3) is 0 Å². The molecule has 0 amide bonds. The van der Waals surface area contributed by atoms with Crippen molar-refractivity contribution in [2.75, 3.05) is 13.1 Å². The van der Waals surface area contributed by atoms with Crippen LogP contribution in [0.1, 0.15) is 12.3 Å². The summed E-state index contributed by atoms with van der Waals surface area (Å²) in [6, 6.07) is 7.48. The van der Waals surface area contributed by atoms with E-state index in [9.17, 15) is 0 Å². The maximum atomic E-state index is 5.94. The summed E-state index contributed by atoms with van der Waals surface area (Å²) in [4.78, 5) is 4.42. The van der Waals surface area contributed by atoms with Gasteiger partial charge in [-0.3, -0.25) is 0 Å². The molecule has 1 N–H and O–H groups in total. The Morgan fingerprint density at radius 1 is 1.42 bits per heavy atom. The van der Waals surface area contributed by atoms with Crippen LogP contribution in [-0.2, 0) is 6.42 Å². The molecule has 6 heteroatoms. The second-order valence-electron chi connectivity index (χ2n) is 4.59. The van der Waals surface area contributed by atoms with Crippen LogP contribution >= 0.6 is 24.0 Å². The van der Waals surface area contributed by atoms with Crippen molar-refractivity contribution >= 4 is 24.0 Å². The largest absolute Gasteiger partial charge is 0.339 e. The van der Waals surface area contributed by atoms with Gasteiger partial charge in [0, 0.05) is 17.0 Å². The first kappa shape index (κ1) is 14.3. The van der Waals surface area contributed by atoms with Crippen LogP contribution < -0.4 is 5.32 Å². The van der Waals surface area contributed by atoms with Gasteiger partial charge in [-0.25, -0.2) is 0 Å². The molecule has 19 heavy (non-hydrogen) atoms. The van der Waals surface area contributed by atoms with Crippen LogP contribution in [0.3, 0.4) is 0 Å². The Labute approximate surface area is 122 Å². The van der Waals surface area contributed by atoms with Crippen molar-refractivity contribution in [1.29, 1.82) is 0 Å². The maximum Gasteiger partial charge on any atom is 0.227 e. The van der Waals surface area contributed by atoms with Crippen LogP contribution in [0.15, 0.2) is 28.8 Å². The molecule has 1 unspecified atom stereocenters. The minimum absolute atomic E-state index is 0. The molecule has 2 aromatic rings. The van der Waals surface area contributed by atoms with E-state index >= 15 is 0 Å². The molecule has 1 aliphatic rings. The van der Waals surface area contributed by atoms with Gasteiger partial charge in [0.2, 0.25) is 11.7 Å². The topological polar surface area (TPSA) is 51.0 Å². The van der Waals surface area contributed by atoms with Gasteiger partial charge in [0.15, 0.2) is 0 Å². The Balaban J connectivity index is 0.00000133. The molecule has 1 aromatic heterocycles. The molecule has 1 aromatic carbocycles. The van der Waals surface area contributed by atoms with Crippen molar-refractivity contribution in [2.24, 2.45) is 5.92 Å². The molecule has 0 spiro atoms. The third-order valence-corrected chi connectivity index (χ3v) is 3.41. The van der Waals surface area contributed by atoms with Gasteiger partial charge in [-0.2, -0.15) is 4.98 Å². The molecule has 1 aliphatic heterocycles. The van der Waals surface area contributed by atoms with E-state index in [1.54, 1.807) is 0 Å². The zero-order chi connectivity index (χ0) is 12.4. The minimum Gasteiger partial charge on any atom is -0.339 e. The SMILES string of the molecule is Cl.Clc1cccc(-c2noc(CC3CCNC3)n2)c1. The third kappa shape index (κ3) is 3.47. The first-order valence-electron chi connectivity index (χ1n) is 6.10. The lowest BCUT2D eigenvalue weighted by Crippen LogP contribution is -2.10. The fraction of sp³-hybridized carbons (Fsp3) is 0.385. The van der Waals surface area contributed by atoms with E-state index in [4.69, 9.17) is 16.1 Å². The van der Waals surface area contributed by atoms with Crippen molar-refractivity contribution in [1.82, 2.24) is 15.5 Å². The van der Waals surface area contributed by atoms with Crippen LogP contribution in [0.25, 0.3) is 11.4 Å². The lowest BCUT2D eigenvalue weighted by atomic mass is 10.1. The summed E-state index contributed by atoms with van der Waals surface area (Å²) in [7, 11) is 0. The predicted molar refractivity (Wildman–Crippen MR) is 76.7 cm³/mol. The first-order chi connectivity index (χ1) is 8.81. The van der Waals surface area contributed by atoms with Gasteiger partial charge in [0.05, 0.1) is 0 Å². The molecular formula is C13H15Cl2N3O. The van der Waals surface area contributed by atoms with Crippen LogP contribution in [0.5, 0.6) is 0 Å². The summed E-state index contributed by atoms with van der Waals surface area (Å²) in [5, 5.41) is 8.02. The van der Waals surface area contributed by atoms with E-state index < -0.39 is 0 Å². The molecule has 1 atom stereocenters. The Morgan fingerprint density at radius 3 is 3.05 bits per heavy atom. The summed E-state index contributed by atoms with van der Waals surface area (Å²) < 4.78 is 5.29. The highest BCUT2D eigenvalue weighted by Crippen LogP contribution is 2.21. The average Bonchev–Trinajstić information content (AvgIpc) is 3.01. The molecule has 2 heterocycles. The van der Waals surface area contributed by atoms with Crippen molar-refractivity contribution in [3.8, 4) is 11.4 Å². The van der Waals surface area contributed by atoms with Crippen LogP contribution in [-0.4, -0.2) is 23.2 Å². The number of halogens is 2. The van der Waals surface area contributed by atoms with Crippen molar-refractivity contribution in [2.45, 2.75) is 12.8 Å². The normalized spacial score (nSPS) is 18.3. The molecule has 4 nitrogen and oxygen atoms in total. The quantitative estimate of drug-likeness (QED) is 0.947. The number of hydrogen-bond acceptors (Lipinski definition) is 4. The Morgan fingerprint density at radius 2 is 2.32 bits per heavy atom. The van der Waals surface area contributed by atoms with Crippen molar-refractivity contribution in [3.63, 3.8) is 0 Å². The minimum atomic E-state index is 0. The maximum absolute atomic E-state index is 5.94. The van der Waals surface area contributed by atoms with Crippen LogP contribution in [0.4, 0.5) is 0 Å². The molecule has 3 rings (SSSR count). The van der Waals surface area contributed by atoms with E-state index in [0.717, 1.165) is 25.1 Å². The summed E-state index contributed by atoms with van der Waals surface area (Å²) in [5.41, 5.74) is 0.891. The van der Waals surface area contributed by atoms with E-state index in [1.807, 2.05) is 24.3 Å². The Hall–Kier alpha value is -1.10. The monoisotopic (exact) mass is 299 g/mol. The van der Waals surface area contributed by atoms with Gasteiger partial charge >= 0.3 is 0 Å². The molecule has 1 fully saturated rings. The fourth-order valence-corrected chi connectivity index (χ4v) is 2.41. The van der Waals surface area contributed by atoms with Crippen LogP contribution in [0.2, 0.25) is 5.02 Å². The summed E-state index contributed by atoms with van der Waals surface area (Å²) >= 11 is 5.94. The highest BCUT2D eigenvalue weighted by atomic mass is 35.5. The van der Waals surface area contributed by atoms with E-state index in [0.29, 0.717) is 22.7 Å². The van der Waals surface area contributed by atoms with Gasteiger partial charge in [0.1, 0.15) is 0 Å². The number of nitrogens with one attached hydrogen (secondary N) is 1. The van der Waals surface area contributed by atoms with Gasteiger partial charge < -0.3 is 9.84 Å². The van der Waals surface area contributed by atoms with E-state index in [1.165, 1.54) is 6.42 Å². The second kappa shape index (κ2) is 6.37. The summed E-state index contributed by atoms with van der Waals surface area (Å²) in [6.45, 7) is 2.12. The molecule has 1 saturated heterocycles. The molecule has 0 saturated carbocycles. The first-order valence-corrected chi connectivity index (χ1v) is 6.48. The lowest BCUT2D eigenvalue weighted by molar-refractivity contribution is 0.358. The second-order valence-corrected chi connectivity index (χ2v) is 5.02. The zero-order valence-corrected chi connectivity index (χ0v) is 11.9. The highest BCUT2D eigenvalue weighted by molar-refractivity contribution is 6.30. The molecule has 0 radical (unpaired) electrons. The van der Waals surface area contributed by atoms with Crippen molar-refractivity contribution in [3.05, 3.63) is 35.2 Å². The molecular weight excluding hydrogens is 285 g/mol. The van der Waals surface area contributed by atoms with Gasteiger partial charge in [-0.15, -0.1) is 12.4 Å². The number of benzene rings is 1. The van der Waals surface area contributed by atoms with E-state index in [-0.39, 0.29) is 12.4 Å². The van der Waals surface area contributed by atoms with E-state index in [2.05, 4.69) is 15.5 Å². The van der Waals surface area contributed by atoms with Gasteiger partial charge in [-0.1, -0.05) is 28.9 Å². The summed E-state index contributed by atoms with van der Waals surface area (Å²) in [5.74, 6) is 1.93. The Kier molecular flexibility index (Phi) is 4.80. The fourth-order valence-electron chi connectivity index (χ4n) is 2.22. The zero-order valence-electron chi connectivity index (χ0n) is 10.3. The third-order valence-electron chi connectivity index (χ3n) is 3.18. The predicted octanol–water partition coefficient (Wildman–Crippen LogP) is 2.96. The number of aromatic nitrogens is 2. The number of rotatable bonds is 3. The van der Waals surface area contributed by atoms with Crippen molar-refractivity contribution < 1.29 is 4.52 Å².